The fourth-order valence-electron chi connectivity index (χ4n) is 3.33. The Morgan fingerprint density at radius 2 is 1.89 bits per heavy atom. The Bertz CT molecular complexity index is 1230. The average molecular weight is 374 g/mol. The van der Waals surface area contributed by atoms with Gasteiger partial charge in [-0.3, -0.25) is 0 Å². The van der Waals surface area contributed by atoms with Crippen molar-refractivity contribution in [3.63, 3.8) is 0 Å². The van der Waals surface area contributed by atoms with Crippen LogP contribution >= 0.6 is 0 Å². The van der Waals surface area contributed by atoms with Gasteiger partial charge in [0.05, 0.1) is 29.5 Å². The molecule has 28 heavy (non-hydrogen) atoms. The van der Waals surface area contributed by atoms with Crippen molar-refractivity contribution >= 4 is 16.9 Å². The lowest BCUT2D eigenvalue weighted by Gasteiger charge is -2.26. The van der Waals surface area contributed by atoms with Crippen LogP contribution in [0.1, 0.15) is 27.4 Å². The Kier molecular flexibility index (Phi) is 4.09. The van der Waals surface area contributed by atoms with Crippen LogP contribution < -0.4 is 16.1 Å². The van der Waals surface area contributed by atoms with E-state index in [-0.39, 0.29) is 22.8 Å². The van der Waals surface area contributed by atoms with Crippen molar-refractivity contribution in [2.45, 2.75) is 5.92 Å². The number of nitrogens with two attached hydrogens (primary N) is 1. The number of carbonyl (C=O) groups excluding carboxylic acids is 1. The van der Waals surface area contributed by atoms with Crippen LogP contribution in [-0.2, 0) is 4.74 Å². The van der Waals surface area contributed by atoms with Crippen molar-refractivity contribution < 1.29 is 18.7 Å². The summed E-state index contributed by atoms with van der Waals surface area (Å²) in [4.78, 5) is 24.4. The number of methoxy groups -OCH3 is 1. The zero-order valence-electron chi connectivity index (χ0n) is 14.8. The monoisotopic (exact) mass is 374 g/mol. The van der Waals surface area contributed by atoms with Crippen LogP contribution in [0.15, 0.2) is 69.2 Å². The minimum absolute atomic E-state index is 0.0761. The summed E-state index contributed by atoms with van der Waals surface area (Å²) < 4.78 is 15.8. The maximum absolute atomic E-state index is 12.8. The molecule has 0 saturated heterocycles. The predicted molar refractivity (Wildman–Crippen MR) is 99.6 cm³/mol. The summed E-state index contributed by atoms with van der Waals surface area (Å²) in [5.41, 5.74) is 6.98. The van der Waals surface area contributed by atoms with E-state index in [1.807, 2.05) is 6.07 Å². The molecule has 7 nitrogen and oxygen atoms in total. The van der Waals surface area contributed by atoms with Gasteiger partial charge in [-0.05, 0) is 29.8 Å². The summed E-state index contributed by atoms with van der Waals surface area (Å²) in [5, 5.41) is 10.2. The summed E-state index contributed by atoms with van der Waals surface area (Å²) >= 11 is 0. The molecule has 0 fully saturated rings. The molecule has 1 aromatic heterocycles. The van der Waals surface area contributed by atoms with Gasteiger partial charge in [0.1, 0.15) is 17.2 Å². The Morgan fingerprint density at radius 3 is 2.57 bits per heavy atom. The van der Waals surface area contributed by atoms with E-state index in [0.29, 0.717) is 22.1 Å². The van der Waals surface area contributed by atoms with Crippen molar-refractivity contribution in [3.8, 4) is 11.8 Å². The summed E-state index contributed by atoms with van der Waals surface area (Å²) in [6, 6.07) is 15.4. The average Bonchev–Trinajstić information content (AvgIpc) is 2.72. The highest BCUT2D eigenvalue weighted by molar-refractivity contribution is 5.89. The van der Waals surface area contributed by atoms with Crippen LogP contribution in [-0.4, -0.2) is 13.1 Å². The molecular weight excluding hydrogens is 360 g/mol. The molecule has 7 heteroatoms. The lowest BCUT2D eigenvalue weighted by atomic mass is 9.83. The van der Waals surface area contributed by atoms with Crippen molar-refractivity contribution in [3.05, 3.63) is 87.1 Å². The fourth-order valence-corrected chi connectivity index (χ4v) is 3.33. The van der Waals surface area contributed by atoms with Crippen LogP contribution in [0.3, 0.4) is 0 Å². The third-order valence-corrected chi connectivity index (χ3v) is 4.64. The number of para-hydroxylation sites is 1. The van der Waals surface area contributed by atoms with Crippen LogP contribution in [0.2, 0.25) is 0 Å². The lowest BCUT2D eigenvalue weighted by molar-refractivity contribution is 0.0600. The van der Waals surface area contributed by atoms with E-state index in [1.54, 1.807) is 48.5 Å². The molecular formula is C21H14N2O5. The topological polar surface area (TPSA) is 116 Å². The van der Waals surface area contributed by atoms with Gasteiger partial charge in [0.25, 0.3) is 0 Å². The molecule has 0 saturated carbocycles. The number of ether oxygens (including phenoxy) is 2. The van der Waals surface area contributed by atoms with E-state index in [2.05, 4.69) is 0 Å². The van der Waals surface area contributed by atoms with Crippen LogP contribution in [0.25, 0.3) is 11.0 Å². The lowest BCUT2D eigenvalue weighted by Crippen LogP contribution is -2.26. The van der Waals surface area contributed by atoms with Gasteiger partial charge in [0.15, 0.2) is 5.75 Å². The molecule has 4 rings (SSSR count). The van der Waals surface area contributed by atoms with Crippen molar-refractivity contribution in [1.29, 1.82) is 5.26 Å². The molecule has 1 aliphatic heterocycles. The van der Waals surface area contributed by atoms with Gasteiger partial charge in [-0.15, -0.1) is 0 Å². The number of nitriles is 1. The number of fused-ring (bicyclic) bond motifs is 3. The molecule has 0 amide bonds. The van der Waals surface area contributed by atoms with Gasteiger partial charge in [-0.1, -0.05) is 24.3 Å². The van der Waals surface area contributed by atoms with Gasteiger partial charge >= 0.3 is 11.6 Å². The molecule has 0 spiro atoms. The van der Waals surface area contributed by atoms with E-state index in [1.165, 1.54) is 7.11 Å². The summed E-state index contributed by atoms with van der Waals surface area (Å²) in [7, 11) is 1.29. The van der Waals surface area contributed by atoms with Gasteiger partial charge in [0.2, 0.25) is 5.88 Å². The number of rotatable bonds is 2. The van der Waals surface area contributed by atoms with Crippen LogP contribution in [0.5, 0.6) is 5.75 Å². The van der Waals surface area contributed by atoms with Crippen molar-refractivity contribution in [2.24, 2.45) is 5.73 Å². The highest BCUT2D eigenvalue weighted by Crippen LogP contribution is 2.43. The number of esters is 1. The minimum atomic E-state index is -0.777. The van der Waals surface area contributed by atoms with Crippen LogP contribution in [0.4, 0.5) is 0 Å². The van der Waals surface area contributed by atoms with Gasteiger partial charge in [0, 0.05) is 0 Å². The second-order valence-corrected chi connectivity index (χ2v) is 6.17. The fraction of sp³-hybridized carbons (Fsp3) is 0.0952. The van der Waals surface area contributed by atoms with Gasteiger partial charge in [-0.25, -0.2) is 9.59 Å². The first-order valence-electron chi connectivity index (χ1n) is 8.36. The van der Waals surface area contributed by atoms with Gasteiger partial charge < -0.3 is 19.6 Å². The molecule has 1 atom stereocenters. The summed E-state index contributed by atoms with van der Waals surface area (Å²) in [6.07, 6.45) is 0. The summed E-state index contributed by atoms with van der Waals surface area (Å²) in [5.74, 6) is -1.07. The molecule has 138 valence electrons. The Hall–Kier alpha value is -4.05. The molecule has 0 unspecified atom stereocenters. The molecule has 0 aliphatic carbocycles. The largest absolute Gasteiger partial charge is 0.465 e. The number of nitrogens with zero attached hydrogens (tertiary/aromatic N) is 1. The standard InChI is InChI=1S/C21H14N2O5/c1-26-20(24)12-8-6-11(7-9-12)16-14(10-22)19(23)28-18-13-4-2-3-5-15(13)27-21(25)17(16)18/h2-9,16H,23H2,1H3/t16-/m0/s1. The van der Waals surface area contributed by atoms with E-state index in [0.717, 1.165) is 0 Å². The normalized spacial score (nSPS) is 15.5. The third kappa shape index (κ3) is 2.59. The molecule has 2 heterocycles. The predicted octanol–water partition coefficient (Wildman–Crippen LogP) is 2.80. The number of hydrogen-bond donors (Lipinski definition) is 1. The molecule has 2 aromatic carbocycles. The Labute approximate surface area is 159 Å². The van der Waals surface area contributed by atoms with Crippen LogP contribution in [0, 0.1) is 11.3 Å². The SMILES string of the molecule is COC(=O)c1ccc([C@H]2C(C#N)=C(N)Oc3c2c(=O)oc2ccccc32)cc1. The highest BCUT2D eigenvalue weighted by Gasteiger charge is 2.35. The summed E-state index contributed by atoms with van der Waals surface area (Å²) in [6.45, 7) is 0. The second kappa shape index (κ2) is 6.59. The first-order valence-corrected chi connectivity index (χ1v) is 8.36. The van der Waals surface area contributed by atoms with Crippen molar-refractivity contribution in [1.82, 2.24) is 0 Å². The molecule has 0 radical (unpaired) electrons. The Balaban J connectivity index is 1.97. The number of carbonyl (C=O) groups is 1. The molecule has 0 bridgehead atoms. The number of hydrogen-bond acceptors (Lipinski definition) is 7. The third-order valence-electron chi connectivity index (χ3n) is 4.64. The molecule has 2 N–H and O–H groups in total. The zero-order valence-corrected chi connectivity index (χ0v) is 14.8. The maximum atomic E-state index is 12.8. The molecule has 3 aromatic rings. The van der Waals surface area contributed by atoms with E-state index < -0.39 is 17.5 Å². The smallest absolute Gasteiger partial charge is 0.344 e. The minimum Gasteiger partial charge on any atom is -0.465 e. The first kappa shape index (κ1) is 17.4. The van der Waals surface area contributed by atoms with Gasteiger partial charge in [-0.2, -0.15) is 5.26 Å². The number of benzene rings is 2. The molecule has 1 aliphatic rings. The second-order valence-electron chi connectivity index (χ2n) is 6.17. The maximum Gasteiger partial charge on any atom is 0.344 e. The van der Waals surface area contributed by atoms with E-state index in [4.69, 9.17) is 19.6 Å². The quantitative estimate of drug-likeness (QED) is 0.541. The number of allylic oxidation sites excluding steroid dienone is 1. The Morgan fingerprint density at radius 1 is 1.18 bits per heavy atom. The first-order chi connectivity index (χ1) is 13.5. The van der Waals surface area contributed by atoms with E-state index in [9.17, 15) is 14.9 Å². The van der Waals surface area contributed by atoms with Crippen molar-refractivity contribution in [2.75, 3.05) is 7.11 Å². The zero-order chi connectivity index (χ0) is 19.8. The van der Waals surface area contributed by atoms with E-state index >= 15 is 0 Å². The highest BCUT2D eigenvalue weighted by atomic mass is 16.5.